The lowest BCUT2D eigenvalue weighted by molar-refractivity contribution is 0.596. The zero-order valence-corrected chi connectivity index (χ0v) is 12.2. The van der Waals surface area contributed by atoms with Crippen LogP contribution < -0.4 is 5.32 Å². The summed E-state index contributed by atoms with van der Waals surface area (Å²) >= 11 is 0. The van der Waals surface area contributed by atoms with Crippen molar-refractivity contribution in [2.45, 2.75) is 39.8 Å². The lowest BCUT2D eigenvalue weighted by Gasteiger charge is -2.16. The van der Waals surface area contributed by atoms with E-state index in [2.05, 4.69) is 42.5 Å². The molecule has 2 rings (SSSR count). The molecular weight excluding hydrogens is 238 g/mol. The van der Waals surface area contributed by atoms with E-state index in [0.29, 0.717) is 0 Å². The number of nitrogens with one attached hydrogen (secondary N) is 1. The average Bonchev–Trinajstić information content (AvgIpc) is 2.97. The van der Waals surface area contributed by atoms with E-state index in [-0.39, 0.29) is 6.04 Å². The zero-order valence-electron chi connectivity index (χ0n) is 12.2. The van der Waals surface area contributed by atoms with Gasteiger partial charge in [0.2, 0.25) is 0 Å². The smallest absolute Gasteiger partial charge is 0.0641 e. The van der Waals surface area contributed by atoms with Crippen LogP contribution in [0.15, 0.2) is 18.6 Å². The van der Waals surface area contributed by atoms with Crippen molar-refractivity contribution < 1.29 is 0 Å². The SMILES string of the molecule is CCCn1cc(C(NCC)c2cnn(C)c2C)cn1. The highest BCUT2D eigenvalue weighted by Gasteiger charge is 2.19. The normalized spacial score (nSPS) is 12.8. The van der Waals surface area contributed by atoms with Crippen molar-refractivity contribution in [1.82, 2.24) is 24.9 Å². The Hall–Kier alpha value is -1.62. The van der Waals surface area contributed by atoms with Gasteiger partial charge in [0, 0.05) is 36.6 Å². The fraction of sp³-hybridized carbons (Fsp3) is 0.571. The molecule has 0 saturated heterocycles. The second-order valence-corrected chi connectivity index (χ2v) is 4.84. The van der Waals surface area contributed by atoms with Gasteiger partial charge in [0.1, 0.15) is 0 Å². The maximum absolute atomic E-state index is 4.42. The van der Waals surface area contributed by atoms with Gasteiger partial charge in [0.25, 0.3) is 0 Å². The molecule has 0 aliphatic carbocycles. The molecule has 0 spiro atoms. The number of hydrogen-bond donors (Lipinski definition) is 1. The third-order valence-corrected chi connectivity index (χ3v) is 3.43. The third-order valence-electron chi connectivity index (χ3n) is 3.43. The number of aryl methyl sites for hydroxylation is 2. The van der Waals surface area contributed by atoms with E-state index < -0.39 is 0 Å². The predicted molar refractivity (Wildman–Crippen MR) is 76.0 cm³/mol. The minimum Gasteiger partial charge on any atom is -0.306 e. The second kappa shape index (κ2) is 6.02. The first kappa shape index (κ1) is 13.8. The first-order valence-corrected chi connectivity index (χ1v) is 6.91. The summed E-state index contributed by atoms with van der Waals surface area (Å²) in [4.78, 5) is 0. The molecule has 0 bridgehead atoms. The molecular formula is C14H23N5. The van der Waals surface area contributed by atoms with E-state index in [1.54, 1.807) is 0 Å². The molecule has 19 heavy (non-hydrogen) atoms. The molecule has 5 nitrogen and oxygen atoms in total. The Balaban J connectivity index is 2.31. The highest BCUT2D eigenvalue weighted by atomic mass is 15.3. The Morgan fingerprint density at radius 3 is 2.63 bits per heavy atom. The summed E-state index contributed by atoms with van der Waals surface area (Å²) < 4.78 is 3.92. The van der Waals surface area contributed by atoms with Gasteiger partial charge in [-0.1, -0.05) is 13.8 Å². The van der Waals surface area contributed by atoms with Crippen LogP contribution >= 0.6 is 0 Å². The van der Waals surface area contributed by atoms with Gasteiger partial charge in [-0.15, -0.1) is 0 Å². The molecule has 0 aromatic carbocycles. The maximum atomic E-state index is 4.42. The lowest BCUT2D eigenvalue weighted by Crippen LogP contribution is -2.22. The molecule has 104 valence electrons. The summed E-state index contributed by atoms with van der Waals surface area (Å²) in [7, 11) is 1.97. The molecule has 1 unspecified atom stereocenters. The van der Waals surface area contributed by atoms with E-state index in [1.807, 2.05) is 28.8 Å². The van der Waals surface area contributed by atoms with Gasteiger partial charge >= 0.3 is 0 Å². The highest BCUT2D eigenvalue weighted by Crippen LogP contribution is 2.24. The summed E-state index contributed by atoms with van der Waals surface area (Å²) in [5.41, 5.74) is 3.61. The van der Waals surface area contributed by atoms with Gasteiger partial charge in [0.05, 0.1) is 18.4 Å². The van der Waals surface area contributed by atoms with E-state index >= 15 is 0 Å². The summed E-state index contributed by atoms with van der Waals surface area (Å²) in [6.07, 6.45) is 7.12. The van der Waals surface area contributed by atoms with Gasteiger partial charge in [-0.05, 0) is 19.9 Å². The third kappa shape index (κ3) is 2.87. The van der Waals surface area contributed by atoms with Crippen molar-refractivity contribution >= 4 is 0 Å². The van der Waals surface area contributed by atoms with Crippen LogP contribution in [-0.2, 0) is 13.6 Å². The minimum atomic E-state index is 0.171. The van der Waals surface area contributed by atoms with Crippen LogP contribution in [0.25, 0.3) is 0 Å². The summed E-state index contributed by atoms with van der Waals surface area (Å²) in [5, 5.41) is 12.3. The molecule has 2 aromatic heterocycles. The van der Waals surface area contributed by atoms with Crippen LogP contribution in [-0.4, -0.2) is 26.1 Å². The molecule has 0 aliphatic heterocycles. The average molecular weight is 261 g/mol. The molecule has 2 aromatic rings. The van der Waals surface area contributed by atoms with E-state index in [0.717, 1.165) is 19.5 Å². The second-order valence-electron chi connectivity index (χ2n) is 4.84. The van der Waals surface area contributed by atoms with Crippen LogP contribution in [0.4, 0.5) is 0 Å². The number of aromatic nitrogens is 4. The Morgan fingerprint density at radius 1 is 1.26 bits per heavy atom. The van der Waals surface area contributed by atoms with Crippen LogP contribution in [0.1, 0.15) is 43.1 Å². The maximum Gasteiger partial charge on any atom is 0.0641 e. The lowest BCUT2D eigenvalue weighted by atomic mass is 10.0. The largest absolute Gasteiger partial charge is 0.306 e. The van der Waals surface area contributed by atoms with E-state index in [4.69, 9.17) is 0 Å². The topological polar surface area (TPSA) is 47.7 Å². The molecule has 0 amide bonds. The highest BCUT2D eigenvalue weighted by molar-refractivity contribution is 5.30. The molecule has 0 saturated carbocycles. The van der Waals surface area contributed by atoms with Crippen molar-refractivity contribution in [2.24, 2.45) is 7.05 Å². The van der Waals surface area contributed by atoms with Gasteiger partial charge in [0.15, 0.2) is 0 Å². The fourth-order valence-corrected chi connectivity index (χ4v) is 2.29. The first-order chi connectivity index (χ1) is 9.17. The fourth-order valence-electron chi connectivity index (χ4n) is 2.29. The molecule has 0 fully saturated rings. The van der Waals surface area contributed by atoms with Crippen LogP contribution in [0, 0.1) is 6.92 Å². The van der Waals surface area contributed by atoms with Gasteiger partial charge in [-0.25, -0.2) is 0 Å². The summed E-state index contributed by atoms with van der Waals surface area (Å²) in [6, 6.07) is 0.171. The number of rotatable bonds is 6. The van der Waals surface area contributed by atoms with Crippen molar-refractivity contribution in [3.8, 4) is 0 Å². The quantitative estimate of drug-likeness (QED) is 0.865. The summed E-state index contributed by atoms with van der Waals surface area (Å²) in [5.74, 6) is 0. The Bertz CT molecular complexity index is 526. The molecule has 0 aliphatic rings. The minimum absolute atomic E-state index is 0.171. The summed E-state index contributed by atoms with van der Waals surface area (Å²) in [6.45, 7) is 8.26. The molecule has 0 radical (unpaired) electrons. The number of nitrogens with zero attached hydrogens (tertiary/aromatic N) is 4. The van der Waals surface area contributed by atoms with Gasteiger partial charge in [-0.3, -0.25) is 9.36 Å². The standard InChI is InChI=1S/C14H23N5/c1-5-7-19-10-12(8-17-19)14(15-6-2)13-9-16-18(4)11(13)3/h8-10,14-15H,5-7H2,1-4H3. The molecule has 2 heterocycles. The first-order valence-electron chi connectivity index (χ1n) is 6.91. The van der Waals surface area contributed by atoms with Crippen molar-refractivity contribution in [1.29, 1.82) is 0 Å². The Morgan fingerprint density at radius 2 is 2.05 bits per heavy atom. The Labute approximate surface area is 114 Å². The molecule has 5 heteroatoms. The van der Waals surface area contributed by atoms with Gasteiger partial charge < -0.3 is 5.32 Å². The molecule has 1 N–H and O–H groups in total. The predicted octanol–water partition coefficient (Wildman–Crippen LogP) is 2.03. The van der Waals surface area contributed by atoms with Crippen molar-refractivity contribution in [3.05, 3.63) is 35.4 Å². The van der Waals surface area contributed by atoms with Gasteiger partial charge in [-0.2, -0.15) is 10.2 Å². The van der Waals surface area contributed by atoms with Crippen LogP contribution in [0.5, 0.6) is 0 Å². The molecule has 1 atom stereocenters. The monoisotopic (exact) mass is 261 g/mol. The van der Waals surface area contributed by atoms with Crippen molar-refractivity contribution in [3.63, 3.8) is 0 Å². The van der Waals surface area contributed by atoms with Crippen LogP contribution in [0.3, 0.4) is 0 Å². The van der Waals surface area contributed by atoms with E-state index in [9.17, 15) is 0 Å². The zero-order chi connectivity index (χ0) is 13.8. The Kier molecular flexibility index (Phi) is 4.37. The van der Waals surface area contributed by atoms with Crippen molar-refractivity contribution in [2.75, 3.05) is 6.54 Å². The number of hydrogen-bond acceptors (Lipinski definition) is 3. The van der Waals surface area contributed by atoms with E-state index in [1.165, 1.54) is 16.8 Å². The van der Waals surface area contributed by atoms with Crippen LogP contribution in [0.2, 0.25) is 0 Å².